The van der Waals surface area contributed by atoms with E-state index >= 15 is 0 Å². The van der Waals surface area contributed by atoms with Crippen LogP contribution in [0.3, 0.4) is 0 Å². The Morgan fingerprint density at radius 1 is 1.06 bits per heavy atom. The van der Waals surface area contributed by atoms with Crippen LogP contribution >= 0.6 is 12.2 Å². The number of benzene rings is 2. The Balaban J connectivity index is 1.61. The molecule has 0 unspecified atom stereocenters. The lowest BCUT2D eigenvalue weighted by Crippen LogP contribution is -2.26. The average Bonchev–Trinajstić information content (AvgIpc) is 2.77. The number of nitrogens with zero attached hydrogens (tertiary/aromatic N) is 2. The van der Waals surface area contributed by atoms with Gasteiger partial charge in [-0.2, -0.15) is 0 Å². The van der Waals surface area contributed by atoms with E-state index < -0.39 is 0 Å². The molecule has 1 aliphatic rings. The van der Waals surface area contributed by atoms with Gasteiger partial charge in [0.2, 0.25) is 0 Å². The zero-order chi connectivity index (χ0) is 21.8. The van der Waals surface area contributed by atoms with E-state index in [2.05, 4.69) is 20.6 Å². The summed E-state index contributed by atoms with van der Waals surface area (Å²) in [5.41, 5.74) is 3.97. The Morgan fingerprint density at radius 2 is 1.81 bits per heavy atom. The summed E-state index contributed by atoms with van der Waals surface area (Å²) < 4.78 is 17.2. The minimum Gasteiger partial charge on any atom is -0.493 e. The van der Waals surface area contributed by atoms with Crippen molar-refractivity contribution in [2.45, 2.75) is 32.8 Å². The number of anilines is 2. The first-order valence-corrected chi connectivity index (χ1v) is 10.7. The maximum atomic E-state index is 6.24. The average molecular weight is 439 g/mol. The number of nitrogens with one attached hydrogen (secondary N) is 2. The summed E-state index contributed by atoms with van der Waals surface area (Å²) in [4.78, 5) is 8.80. The fourth-order valence-electron chi connectivity index (χ4n) is 3.65. The zero-order valence-corrected chi connectivity index (χ0v) is 18.7. The fourth-order valence-corrected chi connectivity index (χ4v) is 3.85. The molecule has 0 aliphatic carbocycles. The molecule has 7 nitrogen and oxygen atoms in total. The molecule has 0 spiro atoms. The molecule has 0 bridgehead atoms. The number of hydrogen-bond acceptors (Lipinski definition) is 6. The molecule has 3 aromatic rings. The third kappa shape index (κ3) is 4.86. The Hall–Kier alpha value is -2.97. The molecule has 31 heavy (non-hydrogen) atoms. The number of fused-ring (bicyclic) bond motifs is 1. The smallest absolute Gasteiger partial charge is 0.176 e. The van der Waals surface area contributed by atoms with E-state index in [1.807, 2.05) is 44.2 Å². The fraction of sp³-hybridized carbons (Fsp3) is 0.348. The van der Waals surface area contributed by atoms with Crippen molar-refractivity contribution in [3.8, 4) is 11.5 Å². The summed E-state index contributed by atoms with van der Waals surface area (Å²) >= 11 is 5.56. The van der Waals surface area contributed by atoms with Crippen LogP contribution in [0.5, 0.6) is 11.5 Å². The van der Waals surface area contributed by atoms with Crippen LogP contribution in [-0.4, -0.2) is 41.5 Å². The first-order chi connectivity index (χ1) is 15.0. The number of rotatable bonds is 5. The summed E-state index contributed by atoms with van der Waals surface area (Å²) in [6.45, 7) is 5.50. The third-order valence-corrected chi connectivity index (χ3v) is 5.54. The lowest BCUT2D eigenvalue weighted by atomic mass is 10.1. The number of methoxy groups -OCH3 is 1. The molecule has 2 heterocycles. The lowest BCUT2D eigenvalue weighted by molar-refractivity contribution is 0.0246. The van der Waals surface area contributed by atoms with Crippen LogP contribution in [0.15, 0.2) is 36.7 Å². The third-order valence-electron chi connectivity index (χ3n) is 5.33. The van der Waals surface area contributed by atoms with Crippen LogP contribution < -0.4 is 20.1 Å². The van der Waals surface area contributed by atoms with Gasteiger partial charge >= 0.3 is 0 Å². The molecule has 0 saturated carbocycles. The number of para-hydroxylation sites is 1. The molecular formula is C23H26N4O3S. The molecule has 1 fully saturated rings. The maximum absolute atomic E-state index is 6.24. The molecule has 1 aliphatic heterocycles. The lowest BCUT2D eigenvalue weighted by Gasteiger charge is -2.24. The second-order valence-corrected chi connectivity index (χ2v) is 7.93. The van der Waals surface area contributed by atoms with Gasteiger partial charge in [0.1, 0.15) is 18.2 Å². The van der Waals surface area contributed by atoms with Gasteiger partial charge in [-0.3, -0.25) is 0 Å². The first kappa shape index (κ1) is 21.3. The molecule has 2 aromatic carbocycles. The highest BCUT2D eigenvalue weighted by atomic mass is 32.1. The summed E-state index contributed by atoms with van der Waals surface area (Å²) in [7, 11) is 1.63. The van der Waals surface area contributed by atoms with E-state index in [0.29, 0.717) is 35.6 Å². The Bertz CT molecular complexity index is 1080. The maximum Gasteiger partial charge on any atom is 0.176 e. The van der Waals surface area contributed by atoms with E-state index in [1.165, 1.54) is 6.33 Å². The van der Waals surface area contributed by atoms with Gasteiger partial charge < -0.3 is 24.8 Å². The number of ether oxygens (including phenoxy) is 3. The predicted octanol–water partition coefficient (Wildman–Crippen LogP) is 4.62. The molecular weight excluding hydrogens is 412 g/mol. The molecule has 0 atom stereocenters. The van der Waals surface area contributed by atoms with Gasteiger partial charge in [-0.25, -0.2) is 9.97 Å². The van der Waals surface area contributed by atoms with Crippen LogP contribution in [0.1, 0.15) is 24.0 Å². The van der Waals surface area contributed by atoms with Gasteiger partial charge in [0.15, 0.2) is 16.6 Å². The predicted molar refractivity (Wildman–Crippen MR) is 126 cm³/mol. The van der Waals surface area contributed by atoms with Crippen LogP contribution in [0.4, 0.5) is 11.5 Å². The zero-order valence-electron chi connectivity index (χ0n) is 17.9. The quantitative estimate of drug-likeness (QED) is 0.559. The van der Waals surface area contributed by atoms with Gasteiger partial charge in [-0.1, -0.05) is 18.2 Å². The Kier molecular flexibility index (Phi) is 6.48. The largest absolute Gasteiger partial charge is 0.493 e. The number of aryl methyl sites for hydroxylation is 2. The van der Waals surface area contributed by atoms with Crippen molar-refractivity contribution in [3.63, 3.8) is 0 Å². The van der Waals surface area contributed by atoms with Gasteiger partial charge in [0.25, 0.3) is 0 Å². The highest BCUT2D eigenvalue weighted by Gasteiger charge is 2.19. The van der Waals surface area contributed by atoms with Crippen molar-refractivity contribution >= 4 is 39.7 Å². The molecule has 1 aromatic heterocycles. The van der Waals surface area contributed by atoms with Crippen LogP contribution in [-0.2, 0) is 4.74 Å². The molecule has 162 valence electrons. The van der Waals surface area contributed by atoms with Crippen LogP contribution in [0, 0.1) is 13.8 Å². The van der Waals surface area contributed by atoms with E-state index in [1.54, 1.807) is 7.11 Å². The highest BCUT2D eigenvalue weighted by Crippen LogP contribution is 2.35. The van der Waals surface area contributed by atoms with Crippen molar-refractivity contribution < 1.29 is 14.2 Å². The van der Waals surface area contributed by atoms with Gasteiger partial charge in [0, 0.05) is 30.0 Å². The summed E-state index contributed by atoms with van der Waals surface area (Å²) in [6.07, 6.45) is 3.29. The van der Waals surface area contributed by atoms with Gasteiger partial charge in [-0.05, 0) is 43.3 Å². The Labute approximate surface area is 187 Å². The van der Waals surface area contributed by atoms with Crippen LogP contribution in [0.2, 0.25) is 0 Å². The molecule has 4 rings (SSSR count). The highest BCUT2D eigenvalue weighted by molar-refractivity contribution is 7.80. The molecule has 8 heteroatoms. The minimum atomic E-state index is 0.0907. The van der Waals surface area contributed by atoms with Crippen molar-refractivity contribution in [3.05, 3.63) is 47.8 Å². The number of thiocarbonyl (C=S) groups is 1. The van der Waals surface area contributed by atoms with Gasteiger partial charge in [-0.15, -0.1) is 0 Å². The topological polar surface area (TPSA) is 77.5 Å². The second kappa shape index (κ2) is 9.45. The summed E-state index contributed by atoms with van der Waals surface area (Å²) in [5.74, 6) is 1.90. The van der Waals surface area contributed by atoms with Crippen molar-refractivity contribution in [2.24, 2.45) is 0 Å². The summed E-state index contributed by atoms with van der Waals surface area (Å²) in [5, 5.41) is 7.75. The normalized spacial score (nSPS) is 14.3. The number of hydrogen-bond donors (Lipinski definition) is 2. The summed E-state index contributed by atoms with van der Waals surface area (Å²) in [6, 6.07) is 9.89. The molecule has 1 saturated heterocycles. The minimum absolute atomic E-state index is 0.0907. The monoisotopic (exact) mass is 438 g/mol. The van der Waals surface area contributed by atoms with E-state index in [-0.39, 0.29) is 6.10 Å². The molecule has 0 amide bonds. The first-order valence-electron chi connectivity index (χ1n) is 10.3. The van der Waals surface area contributed by atoms with E-state index in [0.717, 1.165) is 40.6 Å². The van der Waals surface area contributed by atoms with Crippen molar-refractivity contribution in [2.75, 3.05) is 31.0 Å². The number of aromatic nitrogens is 2. The van der Waals surface area contributed by atoms with Gasteiger partial charge in [0.05, 0.1) is 25.8 Å². The van der Waals surface area contributed by atoms with Crippen molar-refractivity contribution in [1.82, 2.24) is 9.97 Å². The standard InChI is InChI=1S/C23H26N4O3S/c1-14-5-4-6-15(2)21(14)26-23(31)27-22-17-11-20(30-16-7-9-29-10-8-16)19(28-3)12-18(17)24-13-25-22/h4-6,11-13,16H,7-10H2,1-3H3,(H2,24,25,26,27,31). The second-order valence-electron chi connectivity index (χ2n) is 7.52. The SMILES string of the molecule is COc1cc2ncnc(NC(=S)Nc3c(C)cccc3C)c2cc1OC1CCOCC1. The molecule has 2 N–H and O–H groups in total. The van der Waals surface area contributed by atoms with E-state index in [9.17, 15) is 0 Å². The Morgan fingerprint density at radius 3 is 2.52 bits per heavy atom. The van der Waals surface area contributed by atoms with E-state index in [4.69, 9.17) is 26.4 Å². The van der Waals surface area contributed by atoms with Crippen molar-refractivity contribution in [1.29, 1.82) is 0 Å². The molecule has 0 radical (unpaired) electrons. The van der Waals surface area contributed by atoms with Crippen LogP contribution in [0.25, 0.3) is 10.9 Å².